The van der Waals surface area contributed by atoms with Gasteiger partial charge in [0.2, 0.25) is 0 Å². The smallest absolute Gasteiger partial charge is 0.330 e. The molecule has 1 aromatic rings. The van der Waals surface area contributed by atoms with Crippen molar-refractivity contribution in [2.45, 2.75) is 24.0 Å². The molecule has 2 saturated heterocycles. The topological polar surface area (TPSA) is 129 Å². The molecular formula is C14H17N2O8P. The van der Waals surface area contributed by atoms with Crippen molar-refractivity contribution in [1.29, 1.82) is 0 Å². The number of nitrogens with one attached hydrogen (secondary N) is 1. The second kappa shape index (κ2) is 6.21. The minimum Gasteiger partial charge on any atom is -0.381 e. The molecule has 0 aliphatic carbocycles. The van der Waals surface area contributed by atoms with Crippen LogP contribution in [0, 0.1) is 12.3 Å². The summed E-state index contributed by atoms with van der Waals surface area (Å²) >= 11 is 0. The molecule has 0 spiro atoms. The van der Waals surface area contributed by atoms with Crippen molar-refractivity contribution in [2.24, 2.45) is 0 Å². The predicted molar refractivity (Wildman–Crippen MR) is 84.3 cm³/mol. The van der Waals surface area contributed by atoms with Crippen molar-refractivity contribution in [3.8, 4) is 12.3 Å². The van der Waals surface area contributed by atoms with Crippen LogP contribution in [-0.4, -0.2) is 59.2 Å². The molecule has 0 aromatic carbocycles. The maximum absolute atomic E-state index is 12.2. The molecule has 2 N–H and O–H groups in total. The molecule has 3 heterocycles. The molecule has 10 nitrogen and oxygen atoms in total. The van der Waals surface area contributed by atoms with Gasteiger partial charge < -0.3 is 19.1 Å². The quantitative estimate of drug-likeness (QED) is 0.499. The number of H-pyrrole nitrogens is 1. The van der Waals surface area contributed by atoms with Gasteiger partial charge in [-0.3, -0.25) is 23.4 Å². The van der Waals surface area contributed by atoms with Gasteiger partial charge in [-0.2, -0.15) is 0 Å². The number of rotatable bonds is 5. The number of hydrogen-bond acceptors (Lipinski definition) is 7. The van der Waals surface area contributed by atoms with Crippen molar-refractivity contribution >= 4 is 7.60 Å². The zero-order chi connectivity index (χ0) is 18.4. The first-order chi connectivity index (χ1) is 11.7. The summed E-state index contributed by atoms with van der Waals surface area (Å²) in [6, 6.07) is 0. The number of terminal acetylenes is 1. The molecule has 136 valence electrons. The molecule has 2 bridgehead atoms. The third-order valence-corrected chi connectivity index (χ3v) is 4.69. The van der Waals surface area contributed by atoms with Crippen LogP contribution in [0.2, 0.25) is 0 Å². The number of aromatic amines is 1. The Morgan fingerprint density at radius 1 is 1.60 bits per heavy atom. The second-order valence-electron chi connectivity index (χ2n) is 5.96. The minimum atomic E-state index is -3.86. The summed E-state index contributed by atoms with van der Waals surface area (Å²) < 4.78 is 34.8. The maximum atomic E-state index is 12.2. The molecule has 11 heteroatoms. The molecular weight excluding hydrogens is 355 g/mol. The molecule has 2 aliphatic heterocycles. The van der Waals surface area contributed by atoms with Gasteiger partial charge in [-0.15, -0.1) is 6.42 Å². The molecule has 25 heavy (non-hydrogen) atoms. The van der Waals surface area contributed by atoms with Crippen molar-refractivity contribution in [3.05, 3.63) is 32.6 Å². The van der Waals surface area contributed by atoms with Gasteiger partial charge in [-0.05, 0) is 0 Å². The number of ether oxygens (including phenoxy) is 3. The van der Waals surface area contributed by atoms with Crippen LogP contribution >= 0.6 is 7.60 Å². The molecule has 0 radical (unpaired) electrons. The van der Waals surface area contributed by atoms with Gasteiger partial charge in [-0.25, -0.2) is 4.79 Å². The second-order valence-corrected chi connectivity index (χ2v) is 7.78. The summed E-state index contributed by atoms with van der Waals surface area (Å²) in [6.45, 7) is 1.13. The van der Waals surface area contributed by atoms with Gasteiger partial charge in [0.25, 0.3) is 5.56 Å². The zero-order valence-electron chi connectivity index (χ0n) is 13.5. The molecule has 2 aliphatic rings. The van der Waals surface area contributed by atoms with E-state index >= 15 is 0 Å². The van der Waals surface area contributed by atoms with E-state index in [4.69, 9.17) is 25.2 Å². The average molecular weight is 372 g/mol. The number of hydrogen-bond donors (Lipinski definition) is 2. The lowest BCUT2D eigenvalue weighted by atomic mass is 10.0. The van der Waals surface area contributed by atoms with Gasteiger partial charge >= 0.3 is 13.3 Å². The number of fused-ring (bicyclic) bond motifs is 2. The van der Waals surface area contributed by atoms with E-state index in [-0.39, 0.29) is 18.8 Å². The third-order valence-electron chi connectivity index (χ3n) is 4.07. The average Bonchev–Trinajstić information content (AvgIpc) is 2.97. The van der Waals surface area contributed by atoms with E-state index in [1.54, 1.807) is 0 Å². The molecule has 2 unspecified atom stereocenters. The Morgan fingerprint density at radius 2 is 2.32 bits per heavy atom. The molecule has 1 aromatic heterocycles. The summed E-state index contributed by atoms with van der Waals surface area (Å²) in [5.41, 5.74) is -2.67. The third kappa shape index (κ3) is 3.11. The number of aromatic nitrogens is 2. The minimum absolute atomic E-state index is 0.0186. The lowest BCUT2D eigenvalue weighted by molar-refractivity contribution is -0.190. The van der Waals surface area contributed by atoms with E-state index < -0.39 is 42.9 Å². The van der Waals surface area contributed by atoms with Crippen molar-refractivity contribution in [1.82, 2.24) is 9.55 Å². The van der Waals surface area contributed by atoms with E-state index in [0.29, 0.717) is 0 Å². The summed E-state index contributed by atoms with van der Waals surface area (Å²) in [7, 11) is -2.43. The lowest BCUT2D eigenvalue weighted by Crippen LogP contribution is -2.46. The van der Waals surface area contributed by atoms with E-state index in [1.165, 1.54) is 13.3 Å². The van der Waals surface area contributed by atoms with Crippen molar-refractivity contribution < 1.29 is 28.2 Å². The van der Waals surface area contributed by atoms with Gasteiger partial charge in [0.15, 0.2) is 6.23 Å². The monoisotopic (exact) mass is 372 g/mol. The largest absolute Gasteiger partial charge is 0.381 e. The van der Waals surface area contributed by atoms with Gasteiger partial charge in [-0.1, -0.05) is 5.92 Å². The van der Waals surface area contributed by atoms with Crippen LogP contribution in [0.4, 0.5) is 0 Å². The van der Waals surface area contributed by atoms with Crippen molar-refractivity contribution in [3.63, 3.8) is 0 Å². The molecule has 0 saturated carbocycles. The molecule has 5 atom stereocenters. The fraction of sp³-hybridized carbons (Fsp3) is 0.571. The summed E-state index contributed by atoms with van der Waals surface area (Å²) in [5.74, 6) is 2.17. The highest BCUT2D eigenvalue weighted by molar-refractivity contribution is 7.51. The SMILES string of the molecule is C#Cc1cn([C@@H]2O[C@]3(COC)COC2[C@@H]3OP(C)(=O)O)c(=O)[nH]c1=O. The maximum Gasteiger partial charge on any atom is 0.330 e. The van der Waals surface area contributed by atoms with E-state index in [9.17, 15) is 19.0 Å². The number of methoxy groups -OCH3 is 1. The fourth-order valence-corrected chi connectivity index (χ4v) is 3.84. The van der Waals surface area contributed by atoms with Crippen LogP contribution in [0.25, 0.3) is 0 Å². The zero-order valence-corrected chi connectivity index (χ0v) is 14.4. The van der Waals surface area contributed by atoms with Crippen molar-refractivity contribution in [2.75, 3.05) is 27.0 Å². The highest BCUT2D eigenvalue weighted by Crippen LogP contribution is 2.52. The Balaban J connectivity index is 2.04. The molecule has 2 fully saturated rings. The van der Waals surface area contributed by atoms with Gasteiger partial charge in [0, 0.05) is 20.0 Å². The number of nitrogens with zero attached hydrogens (tertiary/aromatic N) is 1. The first-order valence-electron chi connectivity index (χ1n) is 7.30. The van der Waals surface area contributed by atoms with E-state index in [1.807, 2.05) is 0 Å². The predicted octanol–water partition coefficient (Wildman–Crippen LogP) is -0.969. The first-order valence-corrected chi connectivity index (χ1v) is 9.32. The Kier molecular flexibility index (Phi) is 4.49. The Bertz CT molecular complexity index is 880. The van der Waals surface area contributed by atoms with E-state index in [2.05, 4.69) is 10.9 Å². The van der Waals surface area contributed by atoms with Crippen LogP contribution in [0.15, 0.2) is 15.8 Å². The lowest BCUT2D eigenvalue weighted by Gasteiger charge is -2.31. The van der Waals surface area contributed by atoms with Gasteiger partial charge in [0.1, 0.15) is 23.4 Å². The van der Waals surface area contributed by atoms with Crippen LogP contribution < -0.4 is 11.2 Å². The Hall–Kier alpha value is -1.73. The highest BCUT2D eigenvalue weighted by atomic mass is 31.2. The molecule has 3 rings (SSSR count). The van der Waals surface area contributed by atoms with Crippen LogP contribution in [0.3, 0.4) is 0 Å². The summed E-state index contributed by atoms with van der Waals surface area (Å²) in [6.07, 6.45) is 3.64. The first kappa shape index (κ1) is 18.1. The standard InChI is InChI=1S/C14H17N2O8P/c1-4-8-5-16(13(18)15-11(8)17)12-9-10(24-25(3,19)20)14(23-12,6-21-2)7-22-9/h1,5,9-10,12H,6-7H2,2-3H3,(H,19,20)(H,15,17,18)/t9?,10-,12+,14+/m0/s1. The normalized spacial score (nSPS) is 33.1. The highest BCUT2D eigenvalue weighted by Gasteiger charge is 2.64. The Morgan fingerprint density at radius 3 is 2.92 bits per heavy atom. The van der Waals surface area contributed by atoms with Crippen LogP contribution in [0.1, 0.15) is 11.8 Å². The van der Waals surface area contributed by atoms with Crippen LogP contribution in [-0.2, 0) is 23.3 Å². The fourth-order valence-electron chi connectivity index (χ4n) is 3.11. The molecule has 0 amide bonds. The summed E-state index contributed by atoms with van der Waals surface area (Å²) in [4.78, 5) is 35.5. The van der Waals surface area contributed by atoms with E-state index in [0.717, 1.165) is 11.2 Å². The Labute approximate surface area is 142 Å². The summed E-state index contributed by atoms with van der Waals surface area (Å²) in [5, 5.41) is 0. The van der Waals surface area contributed by atoms with Gasteiger partial charge in [0.05, 0.1) is 13.2 Å². The van der Waals surface area contributed by atoms with Crippen LogP contribution in [0.5, 0.6) is 0 Å².